The van der Waals surface area contributed by atoms with E-state index in [0.717, 1.165) is 6.42 Å². The lowest BCUT2D eigenvalue weighted by molar-refractivity contribution is -0.135. The molecule has 0 aromatic carbocycles. The first-order chi connectivity index (χ1) is 9.15. The van der Waals surface area contributed by atoms with Crippen molar-refractivity contribution in [2.75, 3.05) is 14.1 Å². The van der Waals surface area contributed by atoms with Crippen LogP contribution in [0.25, 0.3) is 0 Å². The van der Waals surface area contributed by atoms with Crippen LogP contribution in [-0.2, 0) is 14.4 Å². The van der Waals surface area contributed by atoms with Gasteiger partial charge in [-0.1, -0.05) is 19.9 Å². The maximum Gasteiger partial charge on any atom is 0.352 e. The molecule has 1 atom stereocenters. The minimum atomic E-state index is -1.19. The Balaban J connectivity index is 2.54. The van der Waals surface area contributed by atoms with Crippen molar-refractivity contribution in [3.05, 3.63) is 11.8 Å². The molecule has 0 radical (unpaired) electrons. The summed E-state index contributed by atoms with van der Waals surface area (Å²) in [6.07, 6.45) is 2.66. The molecule has 0 heterocycles. The highest BCUT2D eigenvalue weighted by atomic mass is 16.4. The summed E-state index contributed by atoms with van der Waals surface area (Å²) in [5.74, 6) is -1.66. The predicted octanol–water partition coefficient (Wildman–Crippen LogP) is 0.986. The molecule has 0 aromatic rings. The Labute approximate surface area is 118 Å². The van der Waals surface area contributed by atoms with E-state index in [1.165, 1.54) is 11.0 Å². The maximum absolute atomic E-state index is 11.9. The van der Waals surface area contributed by atoms with Crippen LogP contribution in [0.2, 0.25) is 0 Å². The van der Waals surface area contributed by atoms with E-state index in [2.05, 4.69) is 5.32 Å². The van der Waals surface area contributed by atoms with Gasteiger partial charge in [-0.05, 0) is 18.3 Å². The van der Waals surface area contributed by atoms with Crippen molar-refractivity contribution in [2.45, 2.75) is 33.1 Å². The number of nitrogens with one attached hydrogen (secondary N) is 1. The first-order valence-electron chi connectivity index (χ1n) is 6.59. The number of carbonyl (C=O) groups is 3. The minimum Gasteiger partial charge on any atom is -0.477 e. The molecule has 2 amide bonds. The molecule has 20 heavy (non-hydrogen) atoms. The third kappa shape index (κ3) is 4.36. The molecule has 1 aliphatic rings. The van der Waals surface area contributed by atoms with Crippen molar-refractivity contribution in [2.24, 2.45) is 11.3 Å². The van der Waals surface area contributed by atoms with E-state index in [4.69, 9.17) is 5.11 Å². The Morgan fingerprint density at radius 2 is 1.90 bits per heavy atom. The van der Waals surface area contributed by atoms with Crippen molar-refractivity contribution in [3.8, 4) is 0 Å². The number of nitrogens with zero attached hydrogens (tertiary/aromatic N) is 1. The maximum atomic E-state index is 11.9. The SMILES string of the molecule is CN(C)C(=O)CCC=C(NC(=O)C1CC1(C)C)C(=O)O. The second-order valence-corrected chi connectivity index (χ2v) is 5.98. The summed E-state index contributed by atoms with van der Waals surface area (Å²) in [7, 11) is 3.28. The second-order valence-electron chi connectivity index (χ2n) is 5.98. The number of amides is 2. The third-order valence-corrected chi connectivity index (χ3v) is 3.52. The highest BCUT2D eigenvalue weighted by molar-refractivity contribution is 5.94. The molecule has 1 saturated carbocycles. The third-order valence-electron chi connectivity index (χ3n) is 3.52. The number of carboxylic acid groups (broad SMARTS) is 1. The normalized spacial score (nSPS) is 20.2. The minimum absolute atomic E-state index is 0.0470. The van der Waals surface area contributed by atoms with Gasteiger partial charge in [0.1, 0.15) is 5.70 Å². The first kappa shape index (κ1) is 16.2. The summed E-state index contributed by atoms with van der Waals surface area (Å²) in [5, 5.41) is 11.5. The van der Waals surface area contributed by atoms with Crippen LogP contribution >= 0.6 is 0 Å². The van der Waals surface area contributed by atoms with E-state index in [9.17, 15) is 14.4 Å². The van der Waals surface area contributed by atoms with Crippen LogP contribution in [0.15, 0.2) is 11.8 Å². The topological polar surface area (TPSA) is 86.7 Å². The number of hydrogen-bond acceptors (Lipinski definition) is 3. The highest BCUT2D eigenvalue weighted by Gasteiger charge is 2.50. The van der Waals surface area contributed by atoms with Gasteiger partial charge in [0, 0.05) is 26.4 Å². The molecule has 112 valence electrons. The Hall–Kier alpha value is -1.85. The van der Waals surface area contributed by atoms with Crippen LogP contribution in [-0.4, -0.2) is 41.9 Å². The van der Waals surface area contributed by atoms with Crippen LogP contribution in [0.4, 0.5) is 0 Å². The lowest BCUT2D eigenvalue weighted by Crippen LogP contribution is -2.30. The van der Waals surface area contributed by atoms with Gasteiger partial charge in [0.05, 0.1) is 0 Å². The standard InChI is InChI=1S/C14H22N2O4/c1-14(2)8-9(14)12(18)15-10(13(19)20)6-5-7-11(17)16(3)4/h6,9H,5,7-8H2,1-4H3,(H,15,18)(H,19,20). The summed E-state index contributed by atoms with van der Waals surface area (Å²) >= 11 is 0. The summed E-state index contributed by atoms with van der Waals surface area (Å²) in [6.45, 7) is 3.94. The van der Waals surface area contributed by atoms with Gasteiger partial charge in [0.25, 0.3) is 0 Å². The van der Waals surface area contributed by atoms with Gasteiger partial charge >= 0.3 is 5.97 Å². The van der Waals surface area contributed by atoms with Crippen LogP contribution in [0, 0.1) is 11.3 Å². The number of rotatable bonds is 6. The Bertz CT molecular complexity index is 452. The molecule has 0 spiro atoms. The average Bonchev–Trinajstić information content (AvgIpc) is 2.96. The molecule has 0 aromatic heterocycles. The van der Waals surface area contributed by atoms with Gasteiger partial charge in [0.2, 0.25) is 11.8 Å². The van der Waals surface area contributed by atoms with Gasteiger partial charge in [-0.3, -0.25) is 9.59 Å². The molecule has 0 aliphatic heterocycles. The number of aliphatic carboxylic acids is 1. The monoisotopic (exact) mass is 282 g/mol. The Kier molecular flexibility index (Phi) is 4.92. The van der Waals surface area contributed by atoms with Gasteiger partial charge in [-0.25, -0.2) is 4.79 Å². The molecule has 0 saturated heterocycles. The van der Waals surface area contributed by atoms with Crippen LogP contribution in [0.3, 0.4) is 0 Å². The Morgan fingerprint density at radius 3 is 2.30 bits per heavy atom. The number of carbonyl (C=O) groups excluding carboxylic acids is 2. The van der Waals surface area contributed by atoms with Crippen molar-refractivity contribution < 1.29 is 19.5 Å². The van der Waals surface area contributed by atoms with Gasteiger partial charge < -0.3 is 15.3 Å². The average molecular weight is 282 g/mol. The van der Waals surface area contributed by atoms with Crippen molar-refractivity contribution in [3.63, 3.8) is 0 Å². The largest absolute Gasteiger partial charge is 0.477 e. The van der Waals surface area contributed by atoms with E-state index >= 15 is 0 Å². The zero-order valence-electron chi connectivity index (χ0n) is 12.4. The summed E-state index contributed by atoms with van der Waals surface area (Å²) in [5.41, 5.74) is -0.196. The van der Waals surface area contributed by atoms with Crippen molar-refractivity contribution in [1.29, 1.82) is 0 Å². The van der Waals surface area contributed by atoms with E-state index in [1.807, 2.05) is 13.8 Å². The van der Waals surface area contributed by atoms with Crippen molar-refractivity contribution in [1.82, 2.24) is 10.2 Å². The Morgan fingerprint density at radius 1 is 1.35 bits per heavy atom. The van der Waals surface area contributed by atoms with Crippen LogP contribution < -0.4 is 5.32 Å². The molecule has 1 fully saturated rings. The van der Waals surface area contributed by atoms with E-state index in [1.54, 1.807) is 14.1 Å². The molecule has 1 rings (SSSR count). The fourth-order valence-corrected chi connectivity index (χ4v) is 1.89. The van der Waals surface area contributed by atoms with Crippen molar-refractivity contribution >= 4 is 17.8 Å². The smallest absolute Gasteiger partial charge is 0.352 e. The lowest BCUT2D eigenvalue weighted by Gasteiger charge is -2.09. The molecule has 1 unspecified atom stereocenters. The fourth-order valence-electron chi connectivity index (χ4n) is 1.89. The molecule has 2 N–H and O–H groups in total. The zero-order chi connectivity index (χ0) is 15.5. The molecule has 6 heteroatoms. The van der Waals surface area contributed by atoms with E-state index in [0.29, 0.717) is 0 Å². The summed E-state index contributed by atoms with van der Waals surface area (Å²) in [6, 6.07) is 0. The molecular weight excluding hydrogens is 260 g/mol. The first-order valence-corrected chi connectivity index (χ1v) is 6.59. The summed E-state index contributed by atoms with van der Waals surface area (Å²) in [4.78, 5) is 35.7. The number of allylic oxidation sites excluding steroid dienone is 1. The van der Waals surface area contributed by atoms with Gasteiger partial charge in [-0.15, -0.1) is 0 Å². The number of hydrogen-bond donors (Lipinski definition) is 2. The quantitative estimate of drug-likeness (QED) is 0.711. The molecule has 6 nitrogen and oxygen atoms in total. The highest BCUT2D eigenvalue weighted by Crippen LogP contribution is 2.51. The van der Waals surface area contributed by atoms with Gasteiger partial charge in [-0.2, -0.15) is 0 Å². The van der Waals surface area contributed by atoms with Crippen LogP contribution in [0.1, 0.15) is 33.1 Å². The van der Waals surface area contributed by atoms with Gasteiger partial charge in [0.15, 0.2) is 0 Å². The fraction of sp³-hybridized carbons (Fsp3) is 0.643. The summed E-state index contributed by atoms with van der Waals surface area (Å²) < 4.78 is 0. The zero-order valence-corrected chi connectivity index (χ0v) is 12.4. The molecular formula is C14H22N2O4. The molecule has 1 aliphatic carbocycles. The van der Waals surface area contributed by atoms with Crippen LogP contribution in [0.5, 0.6) is 0 Å². The van der Waals surface area contributed by atoms with E-state index < -0.39 is 5.97 Å². The molecule has 0 bridgehead atoms. The second kappa shape index (κ2) is 6.07. The number of carboxylic acids is 1. The van der Waals surface area contributed by atoms with E-state index in [-0.39, 0.29) is 41.7 Å². The predicted molar refractivity (Wildman–Crippen MR) is 73.7 cm³/mol. The lowest BCUT2D eigenvalue weighted by atomic mass is 10.1.